The summed E-state index contributed by atoms with van der Waals surface area (Å²) < 4.78 is 0. The molecule has 5 nitrogen and oxygen atoms in total. The molecule has 0 bridgehead atoms. The maximum atomic E-state index is 12.9. The van der Waals surface area contributed by atoms with Crippen LogP contribution in [0.4, 0.5) is 5.13 Å². The van der Waals surface area contributed by atoms with E-state index in [0.29, 0.717) is 23.7 Å². The third-order valence-electron chi connectivity index (χ3n) is 5.37. The molecule has 0 spiro atoms. The molecule has 150 valence electrons. The molecule has 2 aliphatic heterocycles. The standard InChI is InChI=1S/C20H25ClN4OS2/c1-27-16-4-5-18(21)17(12-16)19(26)24-8-10-25(11-9-24)20-22-15(14-28-20)13-23-6-2-3-7-23/h4-5,12,14H,2-3,6-11,13H2,1H3. The first-order chi connectivity index (χ1) is 13.6. The van der Waals surface area contributed by atoms with Crippen molar-refractivity contribution in [1.29, 1.82) is 0 Å². The van der Waals surface area contributed by atoms with Crippen molar-refractivity contribution in [2.75, 3.05) is 50.4 Å². The summed E-state index contributed by atoms with van der Waals surface area (Å²) >= 11 is 9.62. The van der Waals surface area contributed by atoms with Gasteiger partial charge in [0.25, 0.3) is 5.91 Å². The van der Waals surface area contributed by atoms with Crippen LogP contribution in [0.1, 0.15) is 28.9 Å². The Bertz CT molecular complexity index is 829. The van der Waals surface area contributed by atoms with Crippen LogP contribution in [0.25, 0.3) is 0 Å². The molecule has 0 saturated carbocycles. The van der Waals surface area contributed by atoms with Crippen LogP contribution in [0.3, 0.4) is 0 Å². The van der Waals surface area contributed by atoms with Gasteiger partial charge in [0, 0.05) is 43.0 Å². The summed E-state index contributed by atoms with van der Waals surface area (Å²) in [6.07, 6.45) is 4.61. The first-order valence-corrected chi connectivity index (χ1v) is 12.2. The van der Waals surface area contributed by atoms with E-state index in [1.165, 1.54) is 31.6 Å². The van der Waals surface area contributed by atoms with Crippen LogP contribution in [0.5, 0.6) is 0 Å². The average Bonchev–Trinajstić information content (AvgIpc) is 3.41. The Morgan fingerprint density at radius 1 is 1.18 bits per heavy atom. The van der Waals surface area contributed by atoms with E-state index < -0.39 is 0 Å². The summed E-state index contributed by atoms with van der Waals surface area (Å²) in [7, 11) is 0. The molecule has 0 atom stereocenters. The van der Waals surface area contributed by atoms with Gasteiger partial charge in [0.05, 0.1) is 16.3 Å². The largest absolute Gasteiger partial charge is 0.345 e. The van der Waals surface area contributed by atoms with E-state index in [2.05, 4.69) is 15.2 Å². The molecule has 1 aromatic carbocycles. The minimum absolute atomic E-state index is 0.0226. The molecule has 2 saturated heterocycles. The van der Waals surface area contributed by atoms with Crippen LogP contribution in [0, 0.1) is 0 Å². The van der Waals surface area contributed by atoms with Crippen LogP contribution < -0.4 is 4.90 Å². The number of hydrogen-bond donors (Lipinski definition) is 0. The van der Waals surface area contributed by atoms with Crippen molar-refractivity contribution in [3.63, 3.8) is 0 Å². The van der Waals surface area contributed by atoms with Gasteiger partial charge in [-0.05, 0) is 50.4 Å². The molecular weight excluding hydrogens is 412 g/mol. The van der Waals surface area contributed by atoms with Gasteiger partial charge >= 0.3 is 0 Å². The van der Waals surface area contributed by atoms with Crippen molar-refractivity contribution >= 4 is 45.7 Å². The monoisotopic (exact) mass is 436 g/mol. The predicted octanol–water partition coefficient (Wildman–Crippen LogP) is 4.08. The number of thiazole rings is 1. The zero-order valence-corrected chi connectivity index (χ0v) is 18.5. The lowest BCUT2D eigenvalue weighted by molar-refractivity contribution is 0.0746. The highest BCUT2D eigenvalue weighted by Crippen LogP contribution is 2.26. The summed E-state index contributed by atoms with van der Waals surface area (Å²) in [6.45, 7) is 6.34. The van der Waals surface area contributed by atoms with Crippen LogP contribution in [-0.4, -0.2) is 66.2 Å². The fourth-order valence-corrected chi connectivity index (χ4v) is 5.26. The first kappa shape index (κ1) is 20.0. The molecular formula is C20H25ClN4OS2. The second-order valence-electron chi connectivity index (χ2n) is 7.23. The van der Waals surface area contributed by atoms with Gasteiger partial charge in [0.2, 0.25) is 0 Å². The Morgan fingerprint density at radius 2 is 1.93 bits per heavy atom. The third-order valence-corrected chi connectivity index (χ3v) is 7.37. The van der Waals surface area contributed by atoms with Crippen LogP contribution in [0.2, 0.25) is 5.02 Å². The molecule has 0 N–H and O–H groups in total. The molecule has 2 fully saturated rings. The maximum absolute atomic E-state index is 12.9. The second-order valence-corrected chi connectivity index (χ2v) is 9.35. The number of halogens is 1. The van der Waals surface area contributed by atoms with Crippen LogP contribution in [0.15, 0.2) is 28.5 Å². The van der Waals surface area contributed by atoms with Crippen LogP contribution in [-0.2, 0) is 6.54 Å². The van der Waals surface area contributed by atoms with Gasteiger partial charge in [-0.1, -0.05) is 11.6 Å². The number of benzene rings is 1. The van der Waals surface area contributed by atoms with E-state index >= 15 is 0 Å². The molecule has 4 rings (SSSR count). The Balaban J connectivity index is 1.35. The Morgan fingerprint density at radius 3 is 2.64 bits per heavy atom. The Labute approximate surface area is 179 Å². The van der Waals surface area contributed by atoms with Gasteiger partial charge in [-0.25, -0.2) is 4.98 Å². The lowest BCUT2D eigenvalue weighted by Crippen LogP contribution is -2.48. The van der Waals surface area contributed by atoms with Crippen molar-refractivity contribution < 1.29 is 4.79 Å². The van der Waals surface area contributed by atoms with E-state index in [1.54, 1.807) is 23.1 Å². The lowest BCUT2D eigenvalue weighted by atomic mass is 10.2. The summed E-state index contributed by atoms with van der Waals surface area (Å²) in [4.78, 5) is 25.5. The van der Waals surface area contributed by atoms with E-state index in [1.807, 2.05) is 29.4 Å². The number of anilines is 1. The molecule has 3 heterocycles. The highest BCUT2D eigenvalue weighted by Gasteiger charge is 2.25. The zero-order valence-electron chi connectivity index (χ0n) is 16.1. The molecule has 1 aromatic heterocycles. The van der Waals surface area contributed by atoms with Crippen molar-refractivity contribution in [3.8, 4) is 0 Å². The predicted molar refractivity (Wildman–Crippen MR) is 118 cm³/mol. The van der Waals surface area contributed by atoms with Crippen molar-refractivity contribution in [1.82, 2.24) is 14.8 Å². The van der Waals surface area contributed by atoms with Crippen LogP contribution >= 0.6 is 34.7 Å². The quantitative estimate of drug-likeness (QED) is 0.660. The lowest BCUT2D eigenvalue weighted by Gasteiger charge is -2.34. The highest BCUT2D eigenvalue weighted by atomic mass is 35.5. The Hall–Kier alpha value is -1.28. The second kappa shape index (κ2) is 9.03. The van der Waals surface area contributed by atoms with Gasteiger partial charge in [-0.15, -0.1) is 23.1 Å². The van der Waals surface area contributed by atoms with E-state index in [4.69, 9.17) is 16.6 Å². The first-order valence-electron chi connectivity index (χ1n) is 9.68. The molecule has 2 aromatic rings. The van der Waals surface area contributed by atoms with Gasteiger partial charge in [0.15, 0.2) is 5.13 Å². The number of hydrogen-bond acceptors (Lipinski definition) is 6. The van der Waals surface area contributed by atoms with Gasteiger partial charge in [0.1, 0.15) is 0 Å². The molecule has 8 heteroatoms. The number of amides is 1. The number of likely N-dealkylation sites (tertiary alicyclic amines) is 1. The van der Waals surface area contributed by atoms with Crippen molar-refractivity contribution in [2.24, 2.45) is 0 Å². The topological polar surface area (TPSA) is 39.7 Å². The number of piperazine rings is 1. The normalized spacial score (nSPS) is 18.1. The minimum Gasteiger partial charge on any atom is -0.345 e. The molecule has 0 aliphatic carbocycles. The summed E-state index contributed by atoms with van der Waals surface area (Å²) in [5.41, 5.74) is 1.77. The third kappa shape index (κ3) is 4.48. The number of rotatable bonds is 5. The minimum atomic E-state index is 0.0226. The average molecular weight is 437 g/mol. The smallest absolute Gasteiger partial charge is 0.255 e. The molecule has 1 amide bonds. The fourth-order valence-electron chi connectivity index (χ4n) is 3.75. The SMILES string of the molecule is CSc1ccc(Cl)c(C(=O)N2CCN(c3nc(CN4CCCC4)cs3)CC2)c1. The van der Waals surface area contributed by atoms with Gasteiger partial charge in [-0.3, -0.25) is 9.69 Å². The fraction of sp³-hybridized carbons (Fsp3) is 0.500. The molecule has 28 heavy (non-hydrogen) atoms. The van der Waals surface area contributed by atoms with E-state index in [0.717, 1.165) is 29.7 Å². The molecule has 0 unspecified atom stereocenters. The van der Waals surface area contributed by atoms with Crippen molar-refractivity contribution in [2.45, 2.75) is 24.3 Å². The number of carbonyl (C=O) groups is 1. The number of aromatic nitrogens is 1. The summed E-state index contributed by atoms with van der Waals surface area (Å²) in [6, 6.07) is 5.66. The van der Waals surface area contributed by atoms with E-state index in [9.17, 15) is 4.79 Å². The molecule has 0 radical (unpaired) electrons. The molecule has 2 aliphatic rings. The summed E-state index contributed by atoms with van der Waals surface area (Å²) in [5, 5.41) is 3.78. The Kier molecular flexibility index (Phi) is 6.45. The van der Waals surface area contributed by atoms with Gasteiger partial charge in [-0.2, -0.15) is 0 Å². The van der Waals surface area contributed by atoms with E-state index in [-0.39, 0.29) is 5.91 Å². The maximum Gasteiger partial charge on any atom is 0.255 e. The summed E-state index contributed by atoms with van der Waals surface area (Å²) in [5.74, 6) is 0.0226. The number of carbonyl (C=O) groups excluding carboxylic acids is 1. The highest BCUT2D eigenvalue weighted by molar-refractivity contribution is 7.98. The van der Waals surface area contributed by atoms with Gasteiger partial charge < -0.3 is 9.80 Å². The number of nitrogens with zero attached hydrogens (tertiary/aromatic N) is 4. The zero-order chi connectivity index (χ0) is 19.5. The number of thioether (sulfide) groups is 1. The van der Waals surface area contributed by atoms with Crippen molar-refractivity contribution in [3.05, 3.63) is 39.9 Å².